The predicted molar refractivity (Wildman–Crippen MR) is 142 cm³/mol. The van der Waals surface area contributed by atoms with Gasteiger partial charge < -0.3 is 10.2 Å². The number of ketones is 2. The fraction of sp³-hybridized carbons (Fsp3) is 0.333. The van der Waals surface area contributed by atoms with Gasteiger partial charge in [0.15, 0.2) is 11.6 Å². The minimum atomic E-state index is -0.615. The number of aromatic nitrogens is 5. The van der Waals surface area contributed by atoms with Crippen molar-refractivity contribution in [1.29, 1.82) is 0 Å². The van der Waals surface area contributed by atoms with Crippen molar-refractivity contribution >= 4 is 45.7 Å². The number of hydrogen-bond acceptors (Lipinski definition) is 9. The van der Waals surface area contributed by atoms with Crippen LogP contribution in [0.5, 0.6) is 0 Å². The number of aliphatic imine (C=N–C) groups is 1. The van der Waals surface area contributed by atoms with Crippen LogP contribution in [0, 0.1) is 5.41 Å². The highest BCUT2D eigenvalue weighted by atomic mass is 16.2. The van der Waals surface area contributed by atoms with Gasteiger partial charge in [-0.3, -0.25) is 24.1 Å². The van der Waals surface area contributed by atoms with Gasteiger partial charge in [0.2, 0.25) is 11.7 Å². The Hall–Kier alpha value is -4.54. The molecular weight excluding hydrogens is 484 g/mol. The zero-order chi connectivity index (χ0) is 27.0. The third kappa shape index (κ3) is 4.51. The zero-order valence-corrected chi connectivity index (χ0v) is 21.5. The molecule has 11 nitrogen and oxygen atoms in total. The molecule has 0 spiro atoms. The lowest BCUT2D eigenvalue weighted by atomic mass is 9.97. The molecule has 1 N–H and O–H groups in total. The van der Waals surface area contributed by atoms with Crippen LogP contribution in [-0.4, -0.2) is 65.1 Å². The fourth-order valence-electron chi connectivity index (χ4n) is 5.21. The number of nitrogens with zero attached hydrogens (tertiary/aromatic N) is 7. The molecule has 2 aliphatic rings. The highest BCUT2D eigenvalue weighted by Crippen LogP contribution is 2.59. The van der Waals surface area contributed by atoms with Crippen LogP contribution in [0.15, 0.2) is 60.5 Å². The molecule has 1 aliphatic heterocycles. The van der Waals surface area contributed by atoms with E-state index in [0.717, 1.165) is 6.42 Å². The molecule has 1 amide bonds. The third-order valence-corrected chi connectivity index (χ3v) is 7.12. The second-order valence-electron chi connectivity index (χ2n) is 9.84. The maximum Gasteiger partial charge on any atom is 0.245 e. The van der Waals surface area contributed by atoms with Gasteiger partial charge in [-0.2, -0.15) is 10.2 Å². The number of hydrogen-bond donors (Lipinski definition) is 1. The first-order valence-corrected chi connectivity index (χ1v) is 12.3. The summed E-state index contributed by atoms with van der Waals surface area (Å²) >= 11 is 0. The van der Waals surface area contributed by atoms with Gasteiger partial charge in [-0.05, 0) is 49.5 Å². The summed E-state index contributed by atoms with van der Waals surface area (Å²) in [5, 5.41) is 15.9. The first kappa shape index (κ1) is 25.1. The van der Waals surface area contributed by atoms with Crippen molar-refractivity contribution in [2.45, 2.75) is 52.2 Å². The molecule has 1 aliphatic carbocycles. The summed E-state index contributed by atoms with van der Waals surface area (Å²) in [6.07, 6.45) is 9.25. The van der Waals surface area contributed by atoms with Crippen LogP contribution < -0.4 is 5.32 Å². The lowest BCUT2D eigenvalue weighted by Crippen LogP contribution is -2.46. The van der Waals surface area contributed by atoms with Crippen molar-refractivity contribution in [3.8, 4) is 0 Å². The molecule has 2 fully saturated rings. The largest absolute Gasteiger partial charge is 0.327 e. The Bertz CT molecular complexity index is 1510. The van der Waals surface area contributed by atoms with Gasteiger partial charge in [0.05, 0.1) is 17.8 Å². The van der Waals surface area contributed by atoms with E-state index >= 15 is 0 Å². The number of carbonyl (C=O) groups excluding carboxylic acids is 3. The number of allylic oxidation sites excluding steroid dienone is 2. The first-order valence-electron chi connectivity index (χ1n) is 12.3. The number of nitrogens with one attached hydrogen (secondary N) is 1. The Labute approximate surface area is 219 Å². The molecule has 11 heteroatoms. The average Bonchev–Trinajstić information content (AvgIpc) is 3.26. The zero-order valence-electron chi connectivity index (χ0n) is 21.5. The van der Waals surface area contributed by atoms with Crippen LogP contribution in [-0.2, 0) is 16.1 Å². The summed E-state index contributed by atoms with van der Waals surface area (Å²) < 4.78 is 1.48. The smallest absolute Gasteiger partial charge is 0.245 e. The van der Waals surface area contributed by atoms with Crippen LogP contribution in [0.4, 0.5) is 11.6 Å². The van der Waals surface area contributed by atoms with Gasteiger partial charge in [-0.25, -0.2) is 4.98 Å². The summed E-state index contributed by atoms with van der Waals surface area (Å²) in [6, 6.07) is 4.55. The predicted octanol–water partition coefficient (Wildman–Crippen LogP) is 3.28. The SMILES string of the molecule is C=CN=C(/C=C\C)C(=O)C1CC2(C)CC2N1C(=O)Cn1nc(C(C)=O)c2cc(Nc3cccnn3)ncc21. The van der Waals surface area contributed by atoms with E-state index < -0.39 is 6.04 Å². The topological polar surface area (TPSA) is 135 Å². The molecule has 3 aromatic heterocycles. The molecule has 3 atom stereocenters. The van der Waals surface area contributed by atoms with Gasteiger partial charge in [-0.15, -0.1) is 5.10 Å². The number of likely N-dealkylation sites (tertiary alicyclic amines) is 1. The van der Waals surface area contributed by atoms with Gasteiger partial charge >= 0.3 is 0 Å². The molecule has 194 valence electrons. The van der Waals surface area contributed by atoms with E-state index in [1.165, 1.54) is 17.8 Å². The van der Waals surface area contributed by atoms with Crippen LogP contribution >= 0.6 is 0 Å². The number of rotatable bonds is 9. The number of Topliss-reactive ketones (excluding diaryl/α,β-unsaturated/α-hetero) is 2. The maximum atomic E-state index is 13.7. The number of fused-ring (bicyclic) bond motifs is 2. The van der Waals surface area contributed by atoms with Crippen molar-refractivity contribution in [2.75, 3.05) is 5.32 Å². The van der Waals surface area contributed by atoms with Crippen molar-refractivity contribution < 1.29 is 14.4 Å². The second-order valence-corrected chi connectivity index (χ2v) is 9.84. The minimum Gasteiger partial charge on any atom is -0.327 e. The molecular formula is C27H28N8O3. The Balaban J connectivity index is 1.44. The van der Waals surface area contributed by atoms with E-state index in [4.69, 9.17) is 0 Å². The van der Waals surface area contributed by atoms with Crippen molar-refractivity contribution in [1.82, 2.24) is 29.9 Å². The fourth-order valence-corrected chi connectivity index (χ4v) is 5.21. The molecule has 0 radical (unpaired) electrons. The Morgan fingerprint density at radius 1 is 1.29 bits per heavy atom. The molecule has 5 rings (SSSR count). The molecule has 38 heavy (non-hydrogen) atoms. The van der Waals surface area contributed by atoms with E-state index in [0.29, 0.717) is 29.0 Å². The van der Waals surface area contributed by atoms with Gasteiger partial charge in [0.1, 0.15) is 23.8 Å². The highest BCUT2D eigenvalue weighted by molar-refractivity contribution is 6.46. The van der Waals surface area contributed by atoms with Crippen LogP contribution in [0.25, 0.3) is 10.9 Å². The van der Waals surface area contributed by atoms with E-state index in [1.807, 2.05) is 0 Å². The van der Waals surface area contributed by atoms with Crippen molar-refractivity contribution in [3.63, 3.8) is 0 Å². The number of piperidine rings is 1. The number of carbonyl (C=O) groups is 3. The molecule has 3 unspecified atom stereocenters. The normalized spacial score (nSPS) is 22.5. The Morgan fingerprint density at radius 3 is 2.79 bits per heavy atom. The third-order valence-electron chi connectivity index (χ3n) is 7.12. The Morgan fingerprint density at radius 2 is 2.11 bits per heavy atom. The summed E-state index contributed by atoms with van der Waals surface area (Å²) in [5.74, 6) is 0.276. The number of anilines is 2. The van der Waals surface area contributed by atoms with Crippen molar-refractivity contribution in [3.05, 3.63) is 61.2 Å². The first-order chi connectivity index (χ1) is 18.3. The molecule has 0 bridgehead atoms. The molecule has 3 aromatic rings. The molecule has 1 saturated carbocycles. The van der Waals surface area contributed by atoms with Crippen LogP contribution in [0.3, 0.4) is 0 Å². The van der Waals surface area contributed by atoms with Crippen LogP contribution in [0.2, 0.25) is 0 Å². The minimum absolute atomic E-state index is 0.0189. The summed E-state index contributed by atoms with van der Waals surface area (Å²) in [5.41, 5.74) is 0.948. The maximum absolute atomic E-state index is 13.7. The van der Waals surface area contributed by atoms with E-state index in [1.54, 1.807) is 54.6 Å². The molecule has 1 saturated heterocycles. The number of pyridine rings is 1. The Kier molecular flexibility index (Phi) is 6.43. The monoisotopic (exact) mass is 512 g/mol. The van der Waals surface area contributed by atoms with E-state index in [-0.39, 0.29) is 46.9 Å². The van der Waals surface area contributed by atoms with Crippen LogP contribution in [0.1, 0.15) is 44.1 Å². The van der Waals surface area contributed by atoms with Gasteiger partial charge in [0.25, 0.3) is 0 Å². The van der Waals surface area contributed by atoms with Gasteiger partial charge in [0, 0.05) is 30.7 Å². The standard InChI is InChI=1S/C27H28N8O3/c1-5-8-18(28-6-2)26(38)19-12-27(4)13-21(27)35(19)24(37)15-34-20-14-29-23(31-22-9-7-10-30-32-22)11-17(20)25(33-34)16(3)36/h5-11,14,19,21H,2,12-13,15H2,1,3-4H3,(H,29,31,32)/b8-5-,28-18?. The second kappa shape index (κ2) is 9.73. The van der Waals surface area contributed by atoms with E-state index in [9.17, 15) is 14.4 Å². The highest BCUT2D eigenvalue weighted by Gasteiger charge is 2.64. The summed E-state index contributed by atoms with van der Waals surface area (Å²) in [4.78, 5) is 49.7. The molecule has 0 aromatic carbocycles. The number of amides is 1. The van der Waals surface area contributed by atoms with Crippen molar-refractivity contribution in [2.24, 2.45) is 10.4 Å². The lowest BCUT2D eigenvalue weighted by molar-refractivity contribution is -0.137. The quantitative estimate of drug-likeness (QED) is 0.341. The molecule has 4 heterocycles. The summed E-state index contributed by atoms with van der Waals surface area (Å²) in [7, 11) is 0. The average molecular weight is 513 g/mol. The van der Waals surface area contributed by atoms with E-state index in [2.05, 4.69) is 44.1 Å². The lowest BCUT2D eigenvalue weighted by Gasteiger charge is -2.26. The summed E-state index contributed by atoms with van der Waals surface area (Å²) in [6.45, 7) is 8.80. The van der Waals surface area contributed by atoms with Gasteiger partial charge in [-0.1, -0.05) is 19.6 Å².